The van der Waals surface area contributed by atoms with E-state index >= 15 is 0 Å². The molecule has 5 heteroatoms. The van der Waals surface area contributed by atoms with Crippen molar-refractivity contribution in [2.24, 2.45) is 16.6 Å². The minimum atomic E-state index is 0.230. The van der Waals surface area contributed by atoms with Crippen LogP contribution < -0.4 is 5.73 Å². The predicted molar refractivity (Wildman–Crippen MR) is 62.2 cm³/mol. The van der Waals surface area contributed by atoms with E-state index < -0.39 is 0 Å². The lowest BCUT2D eigenvalue weighted by Crippen LogP contribution is -2.45. The highest BCUT2D eigenvalue weighted by Crippen LogP contribution is 2.35. The molecule has 0 spiro atoms. The first kappa shape index (κ1) is 11.2. The normalized spacial score (nSPS) is 40.8. The van der Waals surface area contributed by atoms with Crippen LogP contribution in [0.25, 0.3) is 0 Å². The number of amidine groups is 1. The Bertz CT molecular complexity index is 260. The van der Waals surface area contributed by atoms with Gasteiger partial charge in [0.2, 0.25) is 0 Å². The van der Waals surface area contributed by atoms with Crippen molar-refractivity contribution < 1.29 is 9.47 Å². The maximum atomic E-state index is 5.76. The molecule has 0 aromatic rings. The largest absolute Gasteiger partial charge is 0.382 e. The SMILES string of the molecule is COCC1CC2C(CO1)N=C(N)SC2C. The lowest BCUT2D eigenvalue weighted by atomic mass is 9.89. The highest BCUT2D eigenvalue weighted by molar-refractivity contribution is 8.14. The van der Waals surface area contributed by atoms with Gasteiger partial charge in [0.25, 0.3) is 0 Å². The zero-order valence-corrected chi connectivity index (χ0v) is 10.00. The van der Waals surface area contributed by atoms with Crippen LogP contribution in [0, 0.1) is 5.92 Å². The third-order valence-corrected chi connectivity index (χ3v) is 4.16. The third kappa shape index (κ3) is 2.46. The molecule has 2 rings (SSSR count). The Morgan fingerprint density at radius 1 is 1.67 bits per heavy atom. The molecule has 1 saturated heterocycles. The summed E-state index contributed by atoms with van der Waals surface area (Å²) >= 11 is 1.68. The predicted octanol–water partition coefficient (Wildman–Crippen LogP) is 0.857. The van der Waals surface area contributed by atoms with Crippen LogP contribution in [0.15, 0.2) is 4.99 Å². The van der Waals surface area contributed by atoms with E-state index in [0.29, 0.717) is 29.5 Å². The van der Waals surface area contributed by atoms with Gasteiger partial charge in [-0.1, -0.05) is 18.7 Å². The van der Waals surface area contributed by atoms with E-state index in [1.54, 1.807) is 18.9 Å². The zero-order chi connectivity index (χ0) is 10.8. The van der Waals surface area contributed by atoms with Crippen LogP contribution >= 0.6 is 11.8 Å². The summed E-state index contributed by atoms with van der Waals surface area (Å²) in [5.41, 5.74) is 5.76. The average Bonchev–Trinajstić information content (AvgIpc) is 2.19. The Labute approximate surface area is 94.6 Å². The molecular formula is C10H18N2O2S. The van der Waals surface area contributed by atoms with Crippen molar-refractivity contribution in [3.8, 4) is 0 Å². The van der Waals surface area contributed by atoms with Crippen LogP contribution in [0.3, 0.4) is 0 Å². The minimum absolute atomic E-state index is 0.230. The van der Waals surface area contributed by atoms with E-state index in [9.17, 15) is 0 Å². The molecule has 0 bridgehead atoms. The summed E-state index contributed by atoms with van der Waals surface area (Å²) < 4.78 is 10.8. The van der Waals surface area contributed by atoms with Gasteiger partial charge in [0.05, 0.1) is 25.4 Å². The standard InChI is InChI=1S/C10H18N2O2S/c1-6-8-3-7(4-13-2)14-5-9(8)12-10(11)15-6/h6-9H,3-5H2,1-2H3,(H2,11,12). The summed E-state index contributed by atoms with van der Waals surface area (Å²) in [5.74, 6) is 0.580. The second kappa shape index (κ2) is 4.72. The fourth-order valence-electron chi connectivity index (χ4n) is 2.30. The number of thioether (sulfide) groups is 1. The second-order valence-electron chi connectivity index (χ2n) is 4.17. The fourth-order valence-corrected chi connectivity index (χ4v) is 3.34. The van der Waals surface area contributed by atoms with Gasteiger partial charge in [0.1, 0.15) is 0 Å². The van der Waals surface area contributed by atoms with E-state index in [1.165, 1.54) is 0 Å². The van der Waals surface area contributed by atoms with E-state index in [4.69, 9.17) is 15.2 Å². The highest BCUT2D eigenvalue weighted by Gasteiger charge is 2.37. The molecule has 4 atom stereocenters. The smallest absolute Gasteiger partial charge is 0.154 e. The maximum absolute atomic E-state index is 5.76. The molecule has 0 saturated carbocycles. The van der Waals surface area contributed by atoms with Gasteiger partial charge in [0.15, 0.2) is 5.17 Å². The van der Waals surface area contributed by atoms with Crippen LogP contribution in [0.5, 0.6) is 0 Å². The lowest BCUT2D eigenvalue weighted by Gasteiger charge is -2.39. The first-order valence-electron chi connectivity index (χ1n) is 5.31. The lowest BCUT2D eigenvalue weighted by molar-refractivity contribution is -0.0559. The van der Waals surface area contributed by atoms with E-state index in [1.807, 2.05) is 0 Å². The van der Waals surface area contributed by atoms with Crippen molar-refractivity contribution in [2.45, 2.75) is 30.7 Å². The van der Waals surface area contributed by atoms with Crippen molar-refractivity contribution in [3.05, 3.63) is 0 Å². The minimum Gasteiger partial charge on any atom is -0.382 e. The molecule has 2 aliphatic rings. The average molecular weight is 230 g/mol. The van der Waals surface area contributed by atoms with Crippen LogP contribution in [0.4, 0.5) is 0 Å². The molecule has 86 valence electrons. The highest BCUT2D eigenvalue weighted by atomic mass is 32.2. The quantitative estimate of drug-likeness (QED) is 0.764. The molecule has 0 aliphatic carbocycles. The molecule has 2 aliphatic heterocycles. The van der Waals surface area contributed by atoms with Gasteiger partial charge in [-0.25, -0.2) is 0 Å². The van der Waals surface area contributed by atoms with Gasteiger partial charge in [-0.05, 0) is 12.3 Å². The number of nitrogens with zero attached hydrogens (tertiary/aromatic N) is 1. The monoisotopic (exact) mass is 230 g/mol. The molecule has 15 heavy (non-hydrogen) atoms. The van der Waals surface area contributed by atoms with Crippen molar-refractivity contribution in [1.29, 1.82) is 0 Å². The van der Waals surface area contributed by atoms with Crippen molar-refractivity contribution in [2.75, 3.05) is 20.3 Å². The van der Waals surface area contributed by atoms with E-state index in [0.717, 1.165) is 6.42 Å². The number of ether oxygens (including phenoxy) is 2. The second-order valence-corrected chi connectivity index (χ2v) is 5.57. The Kier molecular flexibility index (Phi) is 3.53. The van der Waals surface area contributed by atoms with Crippen LogP contribution in [0.1, 0.15) is 13.3 Å². The van der Waals surface area contributed by atoms with E-state index in [-0.39, 0.29) is 12.1 Å². The van der Waals surface area contributed by atoms with Gasteiger partial charge in [-0.3, -0.25) is 4.99 Å². The molecule has 0 radical (unpaired) electrons. The molecular weight excluding hydrogens is 212 g/mol. The van der Waals surface area contributed by atoms with Crippen molar-refractivity contribution >= 4 is 16.9 Å². The van der Waals surface area contributed by atoms with Crippen LogP contribution in [-0.4, -0.2) is 42.9 Å². The molecule has 2 heterocycles. The first-order chi connectivity index (χ1) is 7.20. The first-order valence-corrected chi connectivity index (χ1v) is 6.19. The zero-order valence-electron chi connectivity index (χ0n) is 9.18. The number of rotatable bonds is 2. The number of fused-ring (bicyclic) bond motifs is 1. The Morgan fingerprint density at radius 3 is 3.20 bits per heavy atom. The molecule has 0 amide bonds. The summed E-state index contributed by atoms with van der Waals surface area (Å²) in [6, 6.07) is 0.259. The van der Waals surface area contributed by atoms with Gasteiger partial charge in [0, 0.05) is 12.4 Å². The number of nitrogens with two attached hydrogens (primary N) is 1. The molecule has 2 N–H and O–H groups in total. The Balaban J connectivity index is 2.01. The van der Waals surface area contributed by atoms with Crippen LogP contribution in [-0.2, 0) is 9.47 Å². The van der Waals surface area contributed by atoms with Crippen molar-refractivity contribution in [3.63, 3.8) is 0 Å². The maximum Gasteiger partial charge on any atom is 0.154 e. The molecule has 0 aromatic heterocycles. The topological polar surface area (TPSA) is 56.8 Å². The molecule has 4 unspecified atom stereocenters. The number of methoxy groups -OCH3 is 1. The number of hydrogen-bond donors (Lipinski definition) is 1. The Morgan fingerprint density at radius 2 is 2.47 bits per heavy atom. The van der Waals surface area contributed by atoms with Gasteiger partial charge in [-0.15, -0.1) is 0 Å². The Hall–Kier alpha value is -0.260. The summed E-state index contributed by atoms with van der Waals surface area (Å²) in [6.07, 6.45) is 1.26. The fraction of sp³-hybridized carbons (Fsp3) is 0.900. The van der Waals surface area contributed by atoms with E-state index in [2.05, 4.69) is 11.9 Å². The number of aliphatic imine (C=N–C) groups is 1. The van der Waals surface area contributed by atoms with Crippen LogP contribution in [0.2, 0.25) is 0 Å². The molecule has 4 nitrogen and oxygen atoms in total. The van der Waals surface area contributed by atoms with Gasteiger partial charge < -0.3 is 15.2 Å². The summed E-state index contributed by atoms with van der Waals surface area (Å²) in [5, 5.41) is 1.24. The number of hydrogen-bond acceptors (Lipinski definition) is 5. The summed E-state index contributed by atoms with van der Waals surface area (Å²) in [6.45, 7) is 3.59. The van der Waals surface area contributed by atoms with Gasteiger partial charge in [-0.2, -0.15) is 0 Å². The summed E-state index contributed by atoms with van der Waals surface area (Å²) in [7, 11) is 1.71. The molecule has 1 fully saturated rings. The summed E-state index contributed by atoms with van der Waals surface area (Å²) in [4.78, 5) is 4.44. The molecule has 0 aromatic carbocycles. The van der Waals surface area contributed by atoms with Gasteiger partial charge >= 0.3 is 0 Å². The third-order valence-electron chi connectivity index (χ3n) is 3.09. The van der Waals surface area contributed by atoms with Crippen molar-refractivity contribution in [1.82, 2.24) is 0 Å².